The van der Waals surface area contributed by atoms with Crippen LogP contribution in [-0.2, 0) is 17.6 Å². The summed E-state index contributed by atoms with van der Waals surface area (Å²) in [6.45, 7) is 6.46. The molecular weight excluding hydrogens is 248 g/mol. The van der Waals surface area contributed by atoms with Crippen molar-refractivity contribution in [3.63, 3.8) is 0 Å². The van der Waals surface area contributed by atoms with Crippen molar-refractivity contribution in [2.75, 3.05) is 6.54 Å². The Kier molecular flexibility index (Phi) is 4.61. The van der Waals surface area contributed by atoms with Crippen LogP contribution in [-0.4, -0.2) is 17.4 Å². The molecular formula is C17H22N2O. The molecule has 1 amide bonds. The molecule has 20 heavy (non-hydrogen) atoms. The maximum absolute atomic E-state index is 11.0. The second-order valence-electron chi connectivity index (χ2n) is 5.35. The topological polar surface area (TPSA) is 44.9 Å². The highest BCUT2D eigenvalue weighted by atomic mass is 16.1. The van der Waals surface area contributed by atoms with E-state index in [9.17, 15) is 4.79 Å². The van der Waals surface area contributed by atoms with Crippen molar-refractivity contribution in [2.45, 2.75) is 33.6 Å². The van der Waals surface area contributed by atoms with Crippen molar-refractivity contribution in [1.29, 1.82) is 0 Å². The summed E-state index contributed by atoms with van der Waals surface area (Å²) in [4.78, 5) is 14.5. The number of rotatable bonds is 5. The fourth-order valence-electron chi connectivity index (χ4n) is 2.39. The monoisotopic (exact) mass is 270 g/mol. The predicted octanol–water partition coefficient (Wildman–Crippen LogP) is 3.36. The van der Waals surface area contributed by atoms with E-state index in [-0.39, 0.29) is 5.91 Å². The Morgan fingerprint density at radius 2 is 2.00 bits per heavy atom. The Labute approximate surface area is 120 Å². The van der Waals surface area contributed by atoms with Crippen LogP contribution >= 0.6 is 0 Å². The van der Waals surface area contributed by atoms with Gasteiger partial charge in [-0.3, -0.25) is 4.79 Å². The van der Waals surface area contributed by atoms with Crippen LogP contribution in [0.4, 0.5) is 0 Å². The molecule has 0 radical (unpaired) electrons. The number of benzene rings is 1. The molecule has 1 aromatic heterocycles. The molecule has 0 saturated heterocycles. The zero-order chi connectivity index (χ0) is 14.5. The van der Waals surface area contributed by atoms with E-state index in [0.29, 0.717) is 6.54 Å². The first-order valence-corrected chi connectivity index (χ1v) is 7.04. The molecule has 0 aliphatic heterocycles. The quantitative estimate of drug-likeness (QED) is 0.804. The Bertz CT molecular complexity index is 633. The van der Waals surface area contributed by atoms with E-state index in [4.69, 9.17) is 0 Å². The van der Waals surface area contributed by atoms with Crippen LogP contribution in [0.25, 0.3) is 10.9 Å². The van der Waals surface area contributed by atoms with Gasteiger partial charge in [0.05, 0.1) is 0 Å². The maximum atomic E-state index is 11.0. The molecule has 0 spiro atoms. The molecule has 0 unspecified atom stereocenters. The lowest BCUT2D eigenvalue weighted by Gasteiger charge is -2.04. The molecule has 2 aromatic rings. The number of hydrogen-bond donors (Lipinski definition) is 2. The molecule has 0 saturated carbocycles. The van der Waals surface area contributed by atoms with Crippen molar-refractivity contribution < 1.29 is 4.79 Å². The molecule has 2 rings (SSSR count). The lowest BCUT2D eigenvalue weighted by atomic mass is 10.0. The first kappa shape index (κ1) is 14.4. The zero-order valence-electron chi connectivity index (χ0n) is 12.4. The van der Waals surface area contributed by atoms with Crippen molar-refractivity contribution >= 4 is 16.8 Å². The van der Waals surface area contributed by atoms with Gasteiger partial charge in [-0.1, -0.05) is 29.8 Å². The number of carbonyl (C=O) groups excluding carboxylic acids is 1. The van der Waals surface area contributed by atoms with Gasteiger partial charge in [0, 0.05) is 36.5 Å². The normalized spacial score (nSPS) is 10.6. The second kappa shape index (κ2) is 6.42. The minimum atomic E-state index is 0.0238. The third-order valence-electron chi connectivity index (χ3n) is 3.37. The van der Waals surface area contributed by atoms with Crippen LogP contribution < -0.4 is 5.32 Å². The third-order valence-corrected chi connectivity index (χ3v) is 3.37. The summed E-state index contributed by atoms with van der Waals surface area (Å²) in [5.41, 5.74) is 5.04. The second-order valence-corrected chi connectivity index (χ2v) is 5.35. The predicted molar refractivity (Wildman–Crippen MR) is 83.8 cm³/mol. The average molecular weight is 270 g/mol. The van der Waals surface area contributed by atoms with E-state index in [1.54, 1.807) is 6.92 Å². The number of hydrogen-bond acceptors (Lipinski definition) is 1. The van der Waals surface area contributed by atoms with Crippen LogP contribution in [0.1, 0.15) is 32.0 Å². The van der Waals surface area contributed by atoms with Crippen LogP contribution in [0.3, 0.4) is 0 Å². The maximum Gasteiger partial charge on any atom is 0.216 e. The summed E-state index contributed by atoms with van der Waals surface area (Å²) >= 11 is 0. The smallest absolute Gasteiger partial charge is 0.216 e. The molecule has 1 aromatic carbocycles. The Hall–Kier alpha value is -2.03. The fourth-order valence-corrected chi connectivity index (χ4v) is 2.39. The zero-order valence-corrected chi connectivity index (χ0v) is 12.4. The van der Waals surface area contributed by atoms with Crippen LogP contribution in [0, 0.1) is 0 Å². The molecule has 0 aliphatic rings. The average Bonchev–Trinajstić information content (AvgIpc) is 2.74. The highest BCUT2D eigenvalue weighted by Crippen LogP contribution is 2.23. The number of aromatic amines is 1. The number of para-hydroxylation sites is 1. The molecule has 0 fully saturated rings. The first-order valence-electron chi connectivity index (χ1n) is 7.04. The van der Waals surface area contributed by atoms with Gasteiger partial charge in [0.1, 0.15) is 0 Å². The van der Waals surface area contributed by atoms with E-state index in [2.05, 4.69) is 48.4 Å². The number of nitrogens with one attached hydrogen (secondary N) is 2. The first-order chi connectivity index (χ1) is 9.58. The summed E-state index contributed by atoms with van der Waals surface area (Å²) in [5, 5.41) is 4.13. The van der Waals surface area contributed by atoms with Crippen molar-refractivity contribution in [3.8, 4) is 0 Å². The van der Waals surface area contributed by atoms with E-state index >= 15 is 0 Å². The summed E-state index contributed by atoms with van der Waals surface area (Å²) in [6.07, 6.45) is 3.99. The van der Waals surface area contributed by atoms with Crippen molar-refractivity contribution in [1.82, 2.24) is 10.3 Å². The van der Waals surface area contributed by atoms with Gasteiger partial charge in [0.2, 0.25) is 5.91 Å². The molecule has 0 atom stereocenters. The number of allylic oxidation sites excluding steroid dienone is 2. The summed E-state index contributed by atoms with van der Waals surface area (Å²) in [6, 6.07) is 8.34. The molecule has 3 heteroatoms. The van der Waals surface area contributed by atoms with Gasteiger partial charge in [-0.15, -0.1) is 0 Å². The minimum Gasteiger partial charge on any atom is -0.358 e. The number of amides is 1. The largest absolute Gasteiger partial charge is 0.358 e. The van der Waals surface area contributed by atoms with Crippen molar-refractivity contribution in [3.05, 3.63) is 47.2 Å². The van der Waals surface area contributed by atoms with Gasteiger partial charge in [-0.2, -0.15) is 0 Å². The van der Waals surface area contributed by atoms with E-state index in [0.717, 1.165) is 12.8 Å². The lowest BCUT2D eigenvalue weighted by Crippen LogP contribution is -2.22. The van der Waals surface area contributed by atoms with Crippen LogP contribution in [0.5, 0.6) is 0 Å². The number of carbonyl (C=O) groups is 1. The highest BCUT2D eigenvalue weighted by Gasteiger charge is 2.10. The fraction of sp³-hybridized carbons (Fsp3) is 0.353. The Balaban J connectivity index is 2.29. The lowest BCUT2D eigenvalue weighted by molar-refractivity contribution is -0.118. The minimum absolute atomic E-state index is 0.0238. The van der Waals surface area contributed by atoms with Gasteiger partial charge in [0.15, 0.2) is 0 Å². The summed E-state index contributed by atoms with van der Waals surface area (Å²) < 4.78 is 0. The molecule has 2 N–H and O–H groups in total. The van der Waals surface area contributed by atoms with Gasteiger partial charge in [-0.05, 0) is 31.9 Å². The van der Waals surface area contributed by atoms with Crippen molar-refractivity contribution in [2.24, 2.45) is 0 Å². The Morgan fingerprint density at radius 3 is 2.70 bits per heavy atom. The molecule has 1 heterocycles. The molecule has 3 nitrogen and oxygen atoms in total. The SMILES string of the molecule is CC(=O)NCCc1c(CC=C(C)C)[nH]c2ccccc12. The van der Waals surface area contributed by atoms with Gasteiger partial charge in [0.25, 0.3) is 0 Å². The van der Waals surface area contributed by atoms with Gasteiger partial charge >= 0.3 is 0 Å². The molecule has 0 aliphatic carbocycles. The van der Waals surface area contributed by atoms with E-state index in [1.807, 2.05) is 6.07 Å². The number of aromatic nitrogens is 1. The third kappa shape index (κ3) is 3.50. The standard InChI is InChI=1S/C17H22N2O/c1-12(2)8-9-17-15(10-11-18-13(3)20)14-6-4-5-7-16(14)19-17/h4-8,19H,9-11H2,1-3H3,(H,18,20). The Morgan fingerprint density at radius 1 is 1.25 bits per heavy atom. The molecule has 0 bridgehead atoms. The highest BCUT2D eigenvalue weighted by molar-refractivity contribution is 5.84. The van der Waals surface area contributed by atoms with Crippen LogP contribution in [0.15, 0.2) is 35.9 Å². The summed E-state index contributed by atoms with van der Waals surface area (Å²) in [5.74, 6) is 0.0238. The molecule has 106 valence electrons. The van der Waals surface area contributed by atoms with E-state index < -0.39 is 0 Å². The van der Waals surface area contributed by atoms with Gasteiger partial charge in [-0.25, -0.2) is 0 Å². The number of fused-ring (bicyclic) bond motifs is 1. The number of H-pyrrole nitrogens is 1. The van der Waals surface area contributed by atoms with E-state index in [1.165, 1.54) is 27.7 Å². The van der Waals surface area contributed by atoms with Gasteiger partial charge < -0.3 is 10.3 Å². The summed E-state index contributed by atoms with van der Waals surface area (Å²) in [7, 11) is 0. The van der Waals surface area contributed by atoms with Crippen LogP contribution in [0.2, 0.25) is 0 Å².